The Morgan fingerprint density at radius 1 is 1.91 bits per heavy atom. The summed E-state index contributed by atoms with van der Waals surface area (Å²) in [6.45, 7) is 1.72. The zero-order valence-electron chi connectivity index (χ0n) is 6.06. The van der Waals surface area contributed by atoms with Crippen molar-refractivity contribution in [3.63, 3.8) is 0 Å². The summed E-state index contributed by atoms with van der Waals surface area (Å²) < 4.78 is 0. The van der Waals surface area contributed by atoms with Gasteiger partial charge in [0.05, 0.1) is 6.07 Å². The van der Waals surface area contributed by atoms with Gasteiger partial charge in [-0.15, -0.1) is 10.1 Å². The molecule has 0 radical (unpaired) electrons. The molecule has 0 saturated carbocycles. The molecule has 2 unspecified atom stereocenters. The van der Waals surface area contributed by atoms with Crippen molar-refractivity contribution in [1.82, 2.24) is 0 Å². The molecule has 0 heterocycles. The van der Waals surface area contributed by atoms with Gasteiger partial charge in [0.15, 0.2) is 0 Å². The minimum absolute atomic E-state index is 0.464. The van der Waals surface area contributed by atoms with E-state index in [-0.39, 0.29) is 0 Å². The third-order valence-electron chi connectivity index (χ3n) is 1.19. The van der Waals surface area contributed by atoms with Gasteiger partial charge < -0.3 is 5.73 Å². The highest BCUT2D eigenvalue weighted by atomic mass is 17.0. The molecule has 0 aromatic rings. The molecule has 0 spiro atoms. The first-order chi connectivity index (χ1) is 5.11. The second-order valence-corrected chi connectivity index (χ2v) is 1.95. The van der Waals surface area contributed by atoms with E-state index in [0.29, 0.717) is 6.42 Å². The van der Waals surface area contributed by atoms with E-state index in [4.69, 9.17) is 11.0 Å². The molecular formula is C5H9N3O3. The maximum absolute atomic E-state index is 9.77. The molecule has 62 valence electrons. The zero-order valence-corrected chi connectivity index (χ0v) is 6.06. The number of hydrogen-bond donors (Lipinski definition) is 1. The predicted molar refractivity (Wildman–Crippen MR) is 35.7 cm³/mol. The molecule has 2 N–H and O–H groups in total. The number of nitrogens with two attached hydrogens (primary N) is 1. The van der Waals surface area contributed by atoms with Crippen molar-refractivity contribution in [3.05, 3.63) is 10.1 Å². The molecule has 6 nitrogen and oxygen atoms in total. The normalized spacial score (nSPS) is 14.6. The van der Waals surface area contributed by atoms with Crippen LogP contribution in [0.2, 0.25) is 0 Å². The van der Waals surface area contributed by atoms with Crippen molar-refractivity contribution in [1.29, 1.82) is 5.26 Å². The van der Waals surface area contributed by atoms with E-state index in [0.717, 1.165) is 0 Å². The first kappa shape index (κ1) is 9.65. The van der Waals surface area contributed by atoms with Crippen molar-refractivity contribution in [2.45, 2.75) is 25.5 Å². The predicted octanol–water partition coefficient (Wildman–Crippen LogP) is -0.176. The van der Waals surface area contributed by atoms with Gasteiger partial charge in [-0.2, -0.15) is 5.26 Å². The van der Waals surface area contributed by atoms with Crippen LogP contribution in [0.5, 0.6) is 0 Å². The molecule has 0 fully saturated rings. The average Bonchev–Trinajstić information content (AvgIpc) is 1.98. The number of nitrogens with zero attached hydrogens (tertiary/aromatic N) is 2. The Balaban J connectivity index is 3.97. The number of hydrogen-bond acceptors (Lipinski definition) is 5. The summed E-state index contributed by atoms with van der Waals surface area (Å²) in [6, 6.07) is 0.989. The smallest absolute Gasteiger partial charge is 0.295 e. The summed E-state index contributed by atoms with van der Waals surface area (Å²) in [5.41, 5.74) is 5.32. The van der Waals surface area contributed by atoms with Crippen molar-refractivity contribution in [2.24, 2.45) is 5.73 Å². The van der Waals surface area contributed by atoms with E-state index in [1.165, 1.54) is 0 Å². The molecule has 0 aromatic heterocycles. The lowest BCUT2D eigenvalue weighted by Gasteiger charge is -2.12. The lowest BCUT2D eigenvalue weighted by Crippen LogP contribution is -2.36. The van der Waals surface area contributed by atoms with Gasteiger partial charge >= 0.3 is 0 Å². The van der Waals surface area contributed by atoms with Crippen LogP contribution in [0, 0.1) is 21.4 Å². The van der Waals surface area contributed by atoms with Crippen LogP contribution < -0.4 is 5.73 Å². The van der Waals surface area contributed by atoms with Crippen LogP contribution in [0.25, 0.3) is 0 Å². The van der Waals surface area contributed by atoms with Crippen molar-refractivity contribution < 1.29 is 9.92 Å². The van der Waals surface area contributed by atoms with Crippen LogP contribution in [0.4, 0.5) is 0 Å². The largest absolute Gasteiger partial charge is 0.325 e. The van der Waals surface area contributed by atoms with Gasteiger partial charge in [-0.25, -0.2) is 0 Å². The fraction of sp³-hybridized carbons (Fsp3) is 0.800. The molecule has 0 bridgehead atoms. The Hall–Kier alpha value is -1.35. The van der Waals surface area contributed by atoms with Crippen LogP contribution in [-0.4, -0.2) is 17.2 Å². The molecule has 0 saturated heterocycles. The summed E-state index contributed by atoms with van der Waals surface area (Å²) in [7, 11) is 0. The Labute approximate surface area is 63.7 Å². The molecule has 0 aromatic carbocycles. The van der Waals surface area contributed by atoms with Gasteiger partial charge in [0, 0.05) is 6.04 Å². The van der Waals surface area contributed by atoms with E-state index >= 15 is 0 Å². The quantitative estimate of drug-likeness (QED) is 0.453. The first-order valence-electron chi connectivity index (χ1n) is 3.08. The second-order valence-electron chi connectivity index (χ2n) is 1.95. The summed E-state index contributed by atoms with van der Waals surface area (Å²) in [5.74, 6) is 0. The Morgan fingerprint density at radius 3 is 2.73 bits per heavy atom. The van der Waals surface area contributed by atoms with Gasteiger partial charge in [0.1, 0.15) is 0 Å². The van der Waals surface area contributed by atoms with Crippen molar-refractivity contribution in [3.8, 4) is 6.07 Å². The summed E-state index contributed by atoms with van der Waals surface area (Å²) in [6.07, 6.45) is -0.693. The van der Waals surface area contributed by atoms with Gasteiger partial charge in [0.2, 0.25) is 6.10 Å². The van der Waals surface area contributed by atoms with Crippen LogP contribution in [0.1, 0.15) is 13.3 Å². The Morgan fingerprint density at radius 2 is 2.45 bits per heavy atom. The Kier molecular flexibility index (Phi) is 3.92. The van der Waals surface area contributed by atoms with Crippen molar-refractivity contribution >= 4 is 0 Å². The monoisotopic (exact) mass is 159 g/mol. The fourth-order valence-electron chi connectivity index (χ4n) is 0.504. The minimum atomic E-state index is -1.16. The molecule has 0 rings (SSSR count). The zero-order chi connectivity index (χ0) is 8.85. The number of rotatable bonds is 4. The van der Waals surface area contributed by atoms with E-state index in [2.05, 4.69) is 4.84 Å². The third kappa shape index (κ3) is 3.37. The van der Waals surface area contributed by atoms with E-state index < -0.39 is 17.2 Å². The minimum Gasteiger partial charge on any atom is -0.325 e. The van der Waals surface area contributed by atoms with E-state index in [1.807, 2.05) is 0 Å². The number of nitriles is 1. The average molecular weight is 159 g/mol. The van der Waals surface area contributed by atoms with Crippen molar-refractivity contribution in [2.75, 3.05) is 0 Å². The first-order valence-corrected chi connectivity index (χ1v) is 3.08. The topological polar surface area (TPSA) is 102 Å². The molecule has 0 amide bonds. The molecule has 11 heavy (non-hydrogen) atoms. The lowest BCUT2D eigenvalue weighted by molar-refractivity contribution is -0.765. The highest BCUT2D eigenvalue weighted by Crippen LogP contribution is 1.99. The highest BCUT2D eigenvalue weighted by Gasteiger charge is 2.18. The van der Waals surface area contributed by atoms with Gasteiger partial charge in [-0.3, -0.25) is 4.84 Å². The molecular weight excluding hydrogens is 150 g/mol. The van der Waals surface area contributed by atoms with Gasteiger partial charge in [-0.05, 0) is 6.42 Å². The van der Waals surface area contributed by atoms with Crippen LogP contribution in [0.15, 0.2) is 0 Å². The maximum Gasteiger partial charge on any atom is 0.295 e. The molecule has 0 aliphatic rings. The third-order valence-corrected chi connectivity index (χ3v) is 1.19. The highest BCUT2D eigenvalue weighted by molar-refractivity contribution is 4.90. The fourth-order valence-corrected chi connectivity index (χ4v) is 0.504. The summed E-state index contributed by atoms with van der Waals surface area (Å²) in [4.78, 5) is 13.8. The SMILES string of the molecule is CCC(N)C(C#N)O[N+](=O)[O-]. The molecule has 2 atom stereocenters. The lowest BCUT2D eigenvalue weighted by atomic mass is 10.1. The van der Waals surface area contributed by atoms with Gasteiger partial charge in [-0.1, -0.05) is 6.92 Å². The molecule has 6 heteroatoms. The van der Waals surface area contributed by atoms with Crippen LogP contribution >= 0.6 is 0 Å². The standard InChI is InChI=1S/C5H9N3O3/c1-2-4(7)5(3-6)11-8(9)10/h4-5H,2,7H2,1H3. The van der Waals surface area contributed by atoms with E-state index in [9.17, 15) is 10.1 Å². The molecule has 0 aliphatic carbocycles. The summed E-state index contributed by atoms with van der Waals surface area (Å²) >= 11 is 0. The van der Waals surface area contributed by atoms with Crippen LogP contribution in [0.3, 0.4) is 0 Å². The van der Waals surface area contributed by atoms with Crippen LogP contribution in [-0.2, 0) is 4.84 Å². The summed E-state index contributed by atoms with van der Waals surface area (Å²) in [5, 5.41) is 17.1. The maximum atomic E-state index is 9.77. The second kappa shape index (κ2) is 4.46. The van der Waals surface area contributed by atoms with Gasteiger partial charge in [0.25, 0.3) is 5.09 Å². The Bertz CT molecular complexity index is 176. The van der Waals surface area contributed by atoms with E-state index in [1.54, 1.807) is 13.0 Å². The molecule has 0 aliphatic heterocycles.